The van der Waals surface area contributed by atoms with Crippen molar-refractivity contribution in [2.75, 3.05) is 5.73 Å². The van der Waals surface area contributed by atoms with Crippen molar-refractivity contribution in [1.29, 1.82) is 0 Å². The molecule has 0 atom stereocenters. The van der Waals surface area contributed by atoms with E-state index in [2.05, 4.69) is 21.0 Å². The van der Waals surface area contributed by atoms with Gasteiger partial charge in [-0.3, -0.25) is 0 Å². The van der Waals surface area contributed by atoms with Gasteiger partial charge in [-0.2, -0.15) is 5.10 Å². The molecule has 0 aliphatic carbocycles. The Balaban J connectivity index is 2.27. The van der Waals surface area contributed by atoms with Crippen molar-refractivity contribution >= 4 is 32.5 Å². The van der Waals surface area contributed by atoms with Gasteiger partial charge in [0, 0.05) is 9.86 Å². The van der Waals surface area contributed by atoms with Gasteiger partial charge in [-0.15, -0.1) is 0 Å². The lowest BCUT2D eigenvalue weighted by atomic mass is 10.2. The summed E-state index contributed by atoms with van der Waals surface area (Å²) in [5.74, 6) is 0. The molecule has 17 heavy (non-hydrogen) atoms. The third-order valence-electron chi connectivity index (χ3n) is 2.69. The number of hydrogen-bond acceptors (Lipinski definition) is 2. The van der Waals surface area contributed by atoms with Crippen LogP contribution in [-0.2, 0) is 0 Å². The summed E-state index contributed by atoms with van der Waals surface area (Å²) in [5.41, 5.74) is 8.67. The summed E-state index contributed by atoms with van der Waals surface area (Å²) in [6, 6.07) is 13.9. The number of nitrogen functional groups attached to an aromatic ring is 1. The molecule has 4 heteroatoms. The second kappa shape index (κ2) is 3.89. The van der Waals surface area contributed by atoms with Crippen molar-refractivity contribution in [3.63, 3.8) is 0 Å². The first-order chi connectivity index (χ1) is 8.25. The van der Waals surface area contributed by atoms with Crippen molar-refractivity contribution in [3.05, 3.63) is 53.1 Å². The molecule has 0 amide bonds. The Morgan fingerprint density at radius 1 is 1.12 bits per heavy atom. The van der Waals surface area contributed by atoms with Gasteiger partial charge < -0.3 is 5.73 Å². The van der Waals surface area contributed by atoms with E-state index in [1.165, 1.54) is 0 Å². The summed E-state index contributed by atoms with van der Waals surface area (Å²) >= 11 is 3.40. The molecule has 2 aromatic carbocycles. The lowest BCUT2D eigenvalue weighted by Gasteiger charge is -2.07. The molecule has 3 rings (SSSR count). The average molecular weight is 288 g/mol. The summed E-state index contributed by atoms with van der Waals surface area (Å²) in [4.78, 5) is 0. The van der Waals surface area contributed by atoms with Crippen LogP contribution in [0, 0.1) is 0 Å². The van der Waals surface area contributed by atoms with Crippen LogP contribution in [0.3, 0.4) is 0 Å². The Labute approximate surface area is 107 Å². The van der Waals surface area contributed by atoms with Crippen LogP contribution in [0.2, 0.25) is 0 Å². The monoisotopic (exact) mass is 287 g/mol. The maximum absolute atomic E-state index is 6.01. The highest BCUT2D eigenvalue weighted by molar-refractivity contribution is 9.10. The molecule has 84 valence electrons. The average Bonchev–Trinajstić information content (AvgIpc) is 2.73. The SMILES string of the molecule is Nc1cc(Br)ccc1-n1ncc2ccccc21. The lowest BCUT2D eigenvalue weighted by Crippen LogP contribution is -2.00. The standard InChI is InChI=1S/C13H10BrN3/c14-10-5-6-13(11(15)7-10)17-12-4-2-1-3-9(12)8-16-17/h1-8H,15H2. The first-order valence-electron chi connectivity index (χ1n) is 5.24. The topological polar surface area (TPSA) is 43.8 Å². The molecule has 0 saturated carbocycles. The number of rotatable bonds is 1. The minimum absolute atomic E-state index is 0.702. The molecular weight excluding hydrogens is 278 g/mol. The van der Waals surface area contributed by atoms with E-state index >= 15 is 0 Å². The van der Waals surface area contributed by atoms with E-state index in [4.69, 9.17) is 5.73 Å². The van der Waals surface area contributed by atoms with E-state index in [1.54, 1.807) is 0 Å². The Morgan fingerprint density at radius 2 is 1.94 bits per heavy atom. The third-order valence-corrected chi connectivity index (χ3v) is 3.19. The van der Waals surface area contributed by atoms with Crippen LogP contribution in [-0.4, -0.2) is 9.78 Å². The number of fused-ring (bicyclic) bond motifs is 1. The number of anilines is 1. The number of nitrogens with zero attached hydrogens (tertiary/aromatic N) is 2. The largest absolute Gasteiger partial charge is 0.397 e. The molecule has 1 heterocycles. The Kier molecular flexibility index (Phi) is 2.37. The van der Waals surface area contributed by atoms with Crippen LogP contribution in [0.15, 0.2) is 53.1 Å². The van der Waals surface area contributed by atoms with E-state index in [1.807, 2.05) is 53.3 Å². The quantitative estimate of drug-likeness (QED) is 0.698. The van der Waals surface area contributed by atoms with E-state index in [9.17, 15) is 0 Å². The van der Waals surface area contributed by atoms with Gasteiger partial charge in [0.05, 0.1) is 23.1 Å². The highest BCUT2D eigenvalue weighted by Gasteiger charge is 2.07. The zero-order valence-electron chi connectivity index (χ0n) is 8.97. The number of benzene rings is 2. The van der Waals surface area contributed by atoms with Crippen molar-refractivity contribution in [1.82, 2.24) is 9.78 Å². The van der Waals surface area contributed by atoms with Crippen molar-refractivity contribution in [3.8, 4) is 5.69 Å². The van der Waals surface area contributed by atoms with Gasteiger partial charge in [0.15, 0.2) is 0 Å². The van der Waals surface area contributed by atoms with Gasteiger partial charge in [0.25, 0.3) is 0 Å². The Morgan fingerprint density at radius 3 is 2.76 bits per heavy atom. The maximum atomic E-state index is 6.01. The molecule has 0 unspecified atom stereocenters. The molecule has 3 nitrogen and oxygen atoms in total. The normalized spacial score (nSPS) is 10.9. The van der Waals surface area contributed by atoms with Gasteiger partial charge in [0.2, 0.25) is 0 Å². The highest BCUT2D eigenvalue weighted by Crippen LogP contribution is 2.25. The zero-order chi connectivity index (χ0) is 11.8. The molecule has 2 N–H and O–H groups in total. The van der Waals surface area contributed by atoms with Crippen molar-refractivity contribution in [2.45, 2.75) is 0 Å². The van der Waals surface area contributed by atoms with E-state index < -0.39 is 0 Å². The van der Waals surface area contributed by atoms with E-state index in [0.29, 0.717) is 5.69 Å². The predicted octanol–water partition coefficient (Wildman–Crippen LogP) is 3.37. The highest BCUT2D eigenvalue weighted by atomic mass is 79.9. The first kappa shape index (κ1) is 10.4. The first-order valence-corrected chi connectivity index (χ1v) is 6.03. The number of aromatic nitrogens is 2. The van der Waals surface area contributed by atoms with Crippen LogP contribution in [0.1, 0.15) is 0 Å². The van der Waals surface area contributed by atoms with Gasteiger partial charge in [0.1, 0.15) is 0 Å². The predicted molar refractivity (Wildman–Crippen MR) is 73.2 cm³/mol. The molecule has 0 aliphatic rings. The smallest absolute Gasteiger partial charge is 0.0882 e. The Bertz CT molecular complexity index is 688. The van der Waals surface area contributed by atoms with Crippen molar-refractivity contribution in [2.24, 2.45) is 0 Å². The molecule has 0 radical (unpaired) electrons. The lowest BCUT2D eigenvalue weighted by molar-refractivity contribution is 0.913. The molecule has 0 fully saturated rings. The molecule has 0 spiro atoms. The second-order valence-electron chi connectivity index (χ2n) is 3.82. The molecule has 0 bridgehead atoms. The molecular formula is C13H10BrN3. The fourth-order valence-corrected chi connectivity index (χ4v) is 2.26. The zero-order valence-corrected chi connectivity index (χ0v) is 10.6. The second-order valence-corrected chi connectivity index (χ2v) is 4.73. The molecule has 0 saturated heterocycles. The Hall–Kier alpha value is -1.81. The van der Waals surface area contributed by atoms with Crippen LogP contribution in [0.25, 0.3) is 16.6 Å². The number of hydrogen-bond donors (Lipinski definition) is 1. The van der Waals surface area contributed by atoms with Crippen molar-refractivity contribution < 1.29 is 0 Å². The fraction of sp³-hybridized carbons (Fsp3) is 0. The summed E-state index contributed by atoms with van der Waals surface area (Å²) < 4.78 is 2.83. The van der Waals surface area contributed by atoms with Crippen LogP contribution >= 0.6 is 15.9 Å². The van der Waals surface area contributed by atoms with Gasteiger partial charge in [-0.1, -0.05) is 34.1 Å². The summed E-state index contributed by atoms with van der Waals surface area (Å²) in [6.45, 7) is 0. The van der Waals surface area contributed by atoms with Crippen LogP contribution < -0.4 is 5.73 Å². The number of para-hydroxylation sites is 1. The number of halogens is 1. The van der Waals surface area contributed by atoms with E-state index in [0.717, 1.165) is 21.1 Å². The van der Waals surface area contributed by atoms with E-state index in [-0.39, 0.29) is 0 Å². The van der Waals surface area contributed by atoms with Crippen LogP contribution in [0.4, 0.5) is 5.69 Å². The summed E-state index contributed by atoms with van der Waals surface area (Å²) in [5, 5.41) is 5.48. The van der Waals surface area contributed by atoms with Gasteiger partial charge in [-0.05, 0) is 24.3 Å². The molecule has 3 aromatic rings. The minimum Gasteiger partial charge on any atom is -0.397 e. The van der Waals surface area contributed by atoms with Gasteiger partial charge in [-0.25, -0.2) is 4.68 Å². The molecule has 0 aliphatic heterocycles. The maximum Gasteiger partial charge on any atom is 0.0882 e. The van der Waals surface area contributed by atoms with Crippen LogP contribution in [0.5, 0.6) is 0 Å². The third kappa shape index (κ3) is 1.70. The van der Waals surface area contributed by atoms with Gasteiger partial charge >= 0.3 is 0 Å². The summed E-state index contributed by atoms with van der Waals surface area (Å²) in [7, 11) is 0. The fourth-order valence-electron chi connectivity index (χ4n) is 1.88. The molecule has 1 aromatic heterocycles. The summed E-state index contributed by atoms with van der Waals surface area (Å²) in [6.07, 6.45) is 1.84. The minimum atomic E-state index is 0.702. The number of nitrogens with two attached hydrogens (primary N) is 1.